The van der Waals surface area contributed by atoms with Gasteiger partial charge in [0.05, 0.1) is 12.3 Å². The Labute approximate surface area is 123 Å². The van der Waals surface area contributed by atoms with Crippen LogP contribution in [0.2, 0.25) is 0 Å². The van der Waals surface area contributed by atoms with Crippen LogP contribution in [0.4, 0.5) is 0 Å². The summed E-state index contributed by atoms with van der Waals surface area (Å²) in [5, 5.41) is 9.42. The molecule has 0 spiro atoms. The van der Waals surface area contributed by atoms with Gasteiger partial charge in [0.25, 0.3) is 0 Å². The quantitative estimate of drug-likeness (QED) is 0.780. The van der Waals surface area contributed by atoms with Crippen molar-refractivity contribution in [2.45, 2.75) is 32.3 Å². The average molecular weight is 278 g/mol. The van der Waals surface area contributed by atoms with Crippen LogP contribution >= 0.6 is 0 Å². The molecule has 0 bridgehead atoms. The molecule has 1 aliphatic rings. The van der Waals surface area contributed by atoms with E-state index in [2.05, 4.69) is 18.2 Å². The number of hydrogen-bond donors (Lipinski definition) is 1. The molecule has 3 nitrogen and oxygen atoms in total. The number of benzene rings is 1. The van der Waals surface area contributed by atoms with Crippen molar-refractivity contribution in [3.8, 4) is 11.3 Å². The molecule has 0 amide bonds. The number of aliphatic hydroxyl groups is 1. The first-order valence-corrected chi connectivity index (χ1v) is 7.55. The third kappa shape index (κ3) is 2.14. The molecule has 0 saturated heterocycles. The summed E-state index contributed by atoms with van der Waals surface area (Å²) in [7, 11) is 0. The molecule has 1 aliphatic carbocycles. The number of aliphatic hydroxyl groups excluding tert-OH is 1. The van der Waals surface area contributed by atoms with Crippen molar-refractivity contribution in [3.63, 3.8) is 0 Å². The molecule has 1 N–H and O–H groups in total. The zero-order valence-corrected chi connectivity index (χ0v) is 11.9. The number of fused-ring (bicyclic) bond motifs is 2. The van der Waals surface area contributed by atoms with E-state index in [0.29, 0.717) is 0 Å². The van der Waals surface area contributed by atoms with E-state index in [-0.39, 0.29) is 6.61 Å². The smallest absolute Gasteiger partial charge is 0.142 e. The van der Waals surface area contributed by atoms with Crippen LogP contribution in [0.15, 0.2) is 42.7 Å². The topological polar surface area (TPSA) is 37.5 Å². The first-order chi connectivity index (χ1) is 10.3. The summed E-state index contributed by atoms with van der Waals surface area (Å²) in [6.07, 6.45) is 8.99. The Hall–Kier alpha value is -2.13. The zero-order chi connectivity index (χ0) is 14.2. The molecule has 2 heterocycles. The number of aryl methyl sites for hydroxylation is 2. The molecule has 0 unspecified atom stereocenters. The lowest BCUT2D eigenvalue weighted by Gasteiger charge is -2.15. The van der Waals surface area contributed by atoms with Crippen LogP contribution in [0.25, 0.3) is 16.9 Å². The number of aromatic nitrogens is 2. The van der Waals surface area contributed by atoms with Crippen molar-refractivity contribution < 1.29 is 5.11 Å². The van der Waals surface area contributed by atoms with E-state index in [1.54, 1.807) is 0 Å². The first kappa shape index (κ1) is 12.6. The molecule has 0 aliphatic heterocycles. The van der Waals surface area contributed by atoms with Crippen LogP contribution in [0.1, 0.15) is 29.5 Å². The molecule has 106 valence electrons. The van der Waals surface area contributed by atoms with Gasteiger partial charge in [0.15, 0.2) is 0 Å². The second kappa shape index (κ2) is 5.01. The van der Waals surface area contributed by atoms with E-state index in [9.17, 15) is 5.11 Å². The highest BCUT2D eigenvalue weighted by Gasteiger charge is 2.12. The highest BCUT2D eigenvalue weighted by Crippen LogP contribution is 2.27. The van der Waals surface area contributed by atoms with Crippen molar-refractivity contribution >= 4 is 5.65 Å². The summed E-state index contributed by atoms with van der Waals surface area (Å²) in [6.45, 7) is 0.0188. The summed E-state index contributed by atoms with van der Waals surface area (Å²) >= 11 is 0. The van der Waals surface area contributed by atoms with Crippen molar-refractivity contribution in [2.75, 3.05) is 0 Å². The maximum atomic E-state index is 9.42. The summed E-state index contributed by atoms with van der Waals surface area (Å²) in [6, 6.07) is 10.6. The van der Waals surface area contributed by atoms with Gasteiger partial charge >= 0.3 is 0 Å². The molecule has 1 aromatic carbocycles. The van der Waals surface area contributed by atoms with Crippen LogP contribution in [0, 0.1) is 0 Å². The fraction of sp³-hybridized carbons (Fsp3) is 0.278. The van der Waals surface area contributed by atoms with Crippen LogP contribution in [0.5, 0.6) is 0 Å². The van der Waals surface area contributed by atoms with Crippen LogP contribution < -0.4 is 0 Å². The van der Waals surface area contributed by atoms with Crippen LogP contribution in [-0.2, 0) is 19.4 Å². The second-order valence-corrected chi connectivity index (χ2v) is 5.74. The highest BCUT2D eigenvalue weighted by molar-refractivity contribution is 5.65. The third-order valence-corrected chi connectivity index (χ3v) is 4.38. The van der Waals surface area contributed by atoms with E-state index in [0.717, 1.165) is 16.9 Å². The predicted molar refractivity (Wildman–Crippen MR) is 83.2 cm³/mol. The normalized spacial score (nSPS) is 14.3. The van der Waals surface area contributed by atoms with Crippen molar-refractivity contribution in [1.82, 2.24) is 9.38 Å². The molecule has 3 heteroatoms. The van der Waals surface area contributed by atoms with Gasteiger partial charge in [-0.2, -0.15) is 0 Å². The Morgan fingerprint density at radius 3 is 2.81 bits per heavy atom. The van der Waals surface area contributed by atoms with E-state index < -0.39 is 0 Å². The van der Waals surface area contributed by atoms with Crippen LogP contribution in [0.3, 0.4) is 0 Å². The SMILES string of the molecule is OCc1cccn2cc(-c3ccc4c(c3)CCCC4)nc12. The molecule has 0 fully saturated rings. The lowest BCUT2D eigenvalue weighted by Crippen LogP contribution is -2.02. The van der Waals surface area contributed by atoms with Gasteiger partial charge < -0.3 is 9.51 Å². The Kier molecular flexibility index (Phi) is 3.00. The molecule has 2 aromatic heterocycles. The van der Waals surface area contributed by atoms with Gasteiger partial charge in [-0.25, -0.2) is 4.98 Å². The lowest BCUT2D eigenvalue weighted by atomic mass is 9.90. The molecule has 4 rings (SSSR count). The summed E-state index contributed by atoms with van der Waals surface area (Å²) in [5.74, 6) is 0. The van der Waals surface area contributed by atoms with Crippen molar-refractivity contribution in [2.24, 2.45) is 0 Å². The minimum Gasteiger partial charge on any atom is -0.392 e. The molecule has 21 heavy (non-hydrogen) atoms. The maximum Gasteiger partial charge on any atom is 0.142 e. The van der Waals surface area contributed by atoms with Gasteiger partial charge in [0.1, 0.15) is 5.65 Å². The minimum absolute atomic E-state index is 0.0188. The Balaban J connectivity index is 1.83. The fourth-order valence-corrected chi connectivity index (χ4v) is 3.23. The largest absolute Gasteiger partial charge is 0.392 e. The number of hydrogen-bond acceptors (Lipinski definition) is 2. The van der Waals surface area contributed by atoms with E-state index in [4.69, 9.17) is 4.98 Å². The number of nitrogens with zero attached hydrogens (tertiary/aromatic N) is 2. The standard InChI is InChI=1S/C18H18N2O/c21-12-16-6-3-9-20-11-17(19-18(16)20)15-8-7-13-4-1-2-5-14(13)10-15/h3,6-11,21H,1-2,4-5,12H2. The Morgan fingerprint density at radius 1 is 1.10 bits per heavy atom. The van der Waals surface area contributed by atoms with Crippen LogP contribution in [-0.4, -0.2) is 14.5 Å². The number of imidazole rings is 1. The Bertz CT molecular complexity index is 804. The summed E-state index contributed by atoms with van der Waals surface area (Å²) in [4.78, 5) is 4.71. The van der Waals surface area contributed by atoms with Gasteiger partial charge in [-0.3, -0.25) is 0 Å². The second-order valence-electron chi connectivity index (χ2n) is 5.74. The van der Waals surface area contributed by atoms with E-state index in [1.807, 2.05) is 28.9 Å². The predicted octanol–water partition coefficient (Wildman–Crippen LogP) is 3.37. The average Bonchev–Trinajstić information content (AvgIpc) is 2.98. The summed E-state index contributed by atoms with van der Waals surface area (Å²) < 4.78 is 1.99. The lowest BCUT2D eigenvalue weighted by molar-refractivity contribution is 0.282. The minimum atomic E-state index is 0.0188. The summed E-state index contributed by atoms with van der Waals surface area (Å²) in [5.41, 5.74) is 6.81. The molecule has 0 atom stereocenters. The van der Waals surface area contributed by atoms with Gasteiger partial charge in [0.2, 0.25) is 0 Å². The third-order valence-electron chi connectivity index (χ3n) is 4.38. The fourth-order valence-electron chi connectivity index (χ4n) is 3.23. The van der Waals surface area contributed by atoms with E-state index in [1.165, 1.54) is 42.4 Å². The zero-order valence-electron chi connectivity index (χ0n) is 11.9. The molecular formula is C18H18N2O. The van der Waals surface area contributed by atoms with E-state index >= 15 is 0 Å². The van der Waals surface area contributed by atoms with Gasteiger partial charge in [-0.1, -0.05) is 18.2 Å². The molecule has 0 radical (unpaired) electrons. The molecule has 3 aromatic rings. The molecule has 0 saturated carbocycles. The van der Waals surface area contributed by atoms with Gasteiger partial charge in [-0.15, -0.1) is 0 Å². The van der Waals surface area contributed by atoms with Crippen molar-refractivity contribution in [3.05, 3.63) is 59.4 Å². The maximum absolute atomic E-state index is 9.42. The Morgan fingerprint density at radius 2 is 1.95 bits per heavy atom. The number of rotatable bonds is 2. The van der Waals surface area contributed by atoms with Crippen molar-refractivity contribution in [1.29, 1.82) is 0 Å². The van der Waals surface area contributed by atoms with Gasteiger partial charge in [0, 0.05) is 23.5 Å². The number of pyridine rings is 1. The highest BCUT2D eigenvalue weighted by atomic mass is 16.3. The monoisotopic (exact) mass is 278 g/mol. The van der Waals surface area contributed by atoms with Gasteiger partial charge in [-0.05, 0) is 48.9 Å². The first-order valence-electron chi connectivity index (χ1n) is 7.55. The molecular weight excluding hydrogens is 260 g/mol.